The van der Waals surface area contributed by atoms with Crippen molar-refractivity contribution in [1.29, 1.82) is 0 Å². The summed E-state index contributed by atoms with van der Waals surface area (Å²) in [4.78, 5) is 29.3. The van der Waals surface area contributed by atoms with Gasteiger partial charge in [0.25, 0.3) is 0 Å². The van der Waals surface area contributed by atoms with Gasteiger partial charge in [-0.05, 0) is 30.2 Å². The largest absolute Gasteiger partial charge is 0.312 e. The van der Waals surface area contributed by atoms with Crippen LogP contribution in [-0.4, -0.2) is 28.3 Å². The fraction of sp³-hybridized carbons (Fsp3) is 0.312. The van der Waals surface area contributed by atoms with Gasteiger partial charge in [-0.15, -0.1) is 0 Å². The fourth-order valence-electron chi connectivity index (χ4n) is 2.61. The smallest absolute Gasteiger partial charge is 0.227 e. The van der Waals surface area contributed by atoms with Crippen LogP contribution in [0.3, 0.4) is 0 Å². The number of benzene rings is 1. The second kappa shape index (κ2) is 5.85. The molecule has 1 aliphatic heterocycles. The molecular formula is C16H16N2O2S. The summed E-state index contributed by atoms with van der Waals surface area (Å²) in [6, 6.07) is 9.77. The molecule has 1 atom stereocenters. The summed E-state index contributed by atoms with van der Waals surface area (Å²) in [5, 5.41) is 1.14. The monoisotopic (exact) mass is 300 g/mol. The molecule has 0 radical (unpaired) electrons. The summed E-state index contributed by atoms with van der Waals surface area (Å²) in [5.41, 5.74) is 1.84. The molecule has 108 valence electrons. The van der Waals surface area contributed by atoms with Crippen molar-refractivity contribution in [3.05, 3.63) is 36.5 Å². The van der Waals surface area contributed by atoms with Gasteiger partial charge < -0.3 is 4.90 Å². The molecule has 4 nitrogen and oxygen atoms in total. The van der Waals surface area contributed by atoms with E-state index < -0.39 is 0 Å². The SMILES string of the molecule is CC(=O)SCC1CC(=O)N(c2ccc3ncccc3c2)C1. The molecular weight excluding hydrogens is 284 g/mol. The first-order valence-corrected chi connectivity index (χ1v) is 7.90. The van der Waals surface area contributed by atoms with Crippen molar-refractivity contribution in [3.8, 4) is 0 Å². The summed E-state index contributed by atoms with van der Waals surface area (Å²) in [6.45, 7) is 2.25. The molecule has 1 saturated heterocycles. The summed E-state index contributed by atoms with van der Waals surface area (Å²) in [6.07, 6.45) is 2.28. The molecule has 0 N–H and O–H groups in total. The molecule has 1 amide bonds. The highest BCUT2D eigenvalue weighted by Gasteiger charge is 2.30. The molecule has 2 heterocycles. The second-order valence-electron chi connectivity index (χ2n) is 5.26. The summed E-state index contributed by atoms with van der Waals surface area (Å²) < 4.78 is 0. The van der Waals surface area contributed by atoms with E-state index in [1.165, 1.54) is 11.8 Å². The van der Waals surface area contributed by atoms with Gasteiger partial charge >= 0.3 is 0 Å². The van der Waals surface area contributed by atoms with E-state index in [1.807, 2.05) is 35.2 Å². The number of rotatable bonds is 3. The standard InChI is InChI=1S/C16H16N2O2S/c1-11(19)21-10-12-7-16(20)18(9-12)14-4-5-15-13(8-14)3-2-6-17-15/h2-6,8,12H,7,9-10H2,1H3. The molecule has 1 aliphatic rings. The highest BCUT2D eigenvalue weighted by atomic mass is 32.2. The zero-order valence-electron chi connectivity index (χ0n) is 11.8. The molecule has 1 unspecified atom stereocenters. The first-order valence-electron chi connectivity index (χ1n) is 6.92. The van der Waals surface area contributed by atoms with Crippen LogP contribution in [0.25, 0.3) is 10.9 Å². The third-order valence-corrected chi connectivity index (χ3v) is 4.67. The van der Waals surface area contributed by atoms with E-state index in [4.69, 9.17) is 0 Å². The molecule has 1 aromatic carbocycles. The van der Waals surface area contributed by atoms with Crippen molar-refractivity contribution in [1.82, 2.24) is 4.98 Å². The number of thioether (sulfide) groups is 1. The van der Waals surface area contributed by atoms with Gasteiger partial charge in [-0.25, -0.2) is 0 Å². The van der Waals surface area contributed by atoms with Crippen molar-refractivity contribution in [3.63, 3.8) is 0 Å². The number of hydrogen-bond acceptors (Lipinski definition) is 4. The van der Waals surface area contributed by atoms with Crippen LogP contribution >= 0.6 is 11.8 Å². The van der Waals surface area contributed by atoms with Gasteiger partial charge in [0, 0.05) is 42.9 Å². The van der Waals surface area contributed by atoms with Gasteiger partial charge in [0.1, 0.15) is 0 Å². The van der Waals surface area contributed by atoms with E-state index in [-0.39, 0.29) is 16.9 Å². The van der Waals surface area contributed by atoms with Crippen molar-refractivity contribution >= 4 is 39.4 Å². The Balaban J connectivity index is 1.79. The lowest BCUT2D eigenvalue weighted by molar-refractivity contribution is -0.117. The minimum atomic E-state index is 0.109. The highest BCUT2D eigenvalue weighted by molar-refractivity contribution is 8.13. The van der Waals surface area contributed by atoms with Crippen molar-refractivity contribution in [2.45, 2.75) is 13.3 Å². The predicted octanol–water partition coefficient (Wildman–Crippen LogP) is 2.87. The molecule has 2 aromatic rings. The Morgan fingerprint density at radius 2 is 2.29 bits per heavy atom. The Hall–Kier alpha value is -1.88. The maximum absolute atomic E-state index is 12.2. The third-order valence-electron chi connectivity index (χ3n) is 3.63. The number of hydrogen-bond donors (Lipinski definition) is 0. The number of anilines is 1. The quantitative estimate of drug-likeness (QED) is 0.874. The number of amides is 1. The number of fused-ring (bicyclic) bond motifs is 1. The van der Waals surface area contributed by atoms with Crippen LogP contribution in [-0.2, 0) is 9.59 Å². The van der Waals surface area contributed by atoms with Crippen LogP contribution in [0.4, 0.5) is 5.69 Å². The number of nitrogens with zero attached hydrogens (tertiary/aromatic N) is 2. The first-order chi connectivity index (χ1) is 10.1. The summed E-state index contributed by atoms with van der Waals surface area (Å²) in [5.74, 6) is 1.09. The van der Waals surface area contributed by atoms with E-state index in [2.05, 4.69) is 4.98 Å². The van der Waals surface area contributed by atoms with Crippen LogP contribution in [0.1, 0.15) is 13.3 Å². The molecule has 21 heavy (non-hydrogen) atoms. The molecule has 0 saturated carbocycles. The minimum absolute atomic E-state index is 0.109. The third kappa shape index (κ3) is 3.08. The maximum atomic E-state index is 12.2. The predicted molar refractivity (Wildman–Crippen MR) is 85.3 cm³/mol. The van der Waals surface area contributed by atoms with Gasteiger partial charge in [0.05, 0.1) is 5.52 Å². The number of aromatic nitrogens is 1. The Morgan fingerprint density at radius 1 is 1.43 bits per heavy atom. The molecule has 0 bridgehead atoms. The van der Waals surface area contributed by atoms with Crippen LogP contribution < -0.4 is 4.90 Å². The Labute approximate surface area is 127 Å². The lowest BCUT2D eigenvalue weighted by atomic mass is 10.1. The first kappa shape index (κ1) is 14.1. The van der Waals surface area contributed by atoms with E-state index in [9.17, 15) is 9.59 Å². The average molecular weight is 300 g/mol. The van der Waals surface area contributed by atoms with E-state index in [0.29, 0.717) is 18.7 Å². The highest BCUT2D eigenvalue weighted by Crippen LogP contribution is 2.29. The van der Waals surface area contributed by atoms with E-state index in [0.717, 1.165) is 16.6 Å². The van der Waals surface area contributed by atoms with Crippen LogP contribution in [0.2, 0.25) is 0 Å². The summed E-state index contributed by atoms with van der Waals surface area (Å²) >= 11 is 1.30. The minimum Gasteiger partial charge on any atom is -0.312 e. The van der Waals surface area contributed by atoms with Crippen LogP contribution in [0.5, 0.6) is 0 Å². The van der Waals surface area contributed by atoms with Crippen molar-refractivity contribution in [2.75, 3.05) is 17.2 Å². The lowest BCUT2D eigenvalue weighted by Gasteiger charge is -2.17. The van der Waals surface area contributed by atoms with Crippen LogP contribution in [0, 0.1) is 5.92 Å². The molecule has 1 fully saturated rings. The van der Waals surface area contributed by atoms with Gasteiger partial charge in [0.15, 0.2) is 5.12 Å². The summed E-state index contributed by atoms with van der Waals surface area (Å²) in [7, 11) is 0. The number of carbonyl (C=O) groups is 2. The Kier molecular flexibility index (Phi) is 3.92. The maximum Gasteiger partial charge on any atom is 0.227 e. The molecule has 0 aliphatic carbocycles. The topological polar surface area (TPSA) is 50.3 Å². The molecule has 1 aromatic heterocycles. The number of carbonyl (C=O) groups excluding carboxylic acids is 2. The van der Waals surface area contributed by atoms with Gasteiger partial charge in [0.2, 0.25) is 5.91 Å². The molecule has 3 rings (SSSR count). The van der Waals surface area contributed by atoms with Crippen molar-refractivity contribution in [2.24, 2.45) is 5.92 Å². The Bertz CT molecular complexity index is 701. The normalized spacial score (nSPS) is 18.4. The van der Waals surface area contributed by atoms with E-state index >= 15 is 0 Å². The average Bonchev–Trinajstić information content (AvgIpc) is 2.86. The van der Waals surface area contributed by atoms with Gasteiger partial charge in [-0.3, -0.25) is 14.6 Å². The van der Waals surface area contributed by atoms with Crippen LogP contribution in [0.15, 0.2) is 36.5 Å². The Morgan fingerprint density at radius 3 is 3.10 bits per heavy atom. The zero-order valence-corrected chi connectivity index (χ0v) is 12.6. The molecule has 5 heteroatoms. The van der Waals surface area contributed by atoms with Gasteiger partial charge in [-0.2, -0.15) is 0 Å². The lowest BCUT2D eigenvalue weighted by Crippen LogP contribution is -2.24. The van der Waals surface area contributed by atoms with Crippen molar-refractivity contribution < 1.29 is 9.59 Å². The van der Waals surface area contributed by atoms with Gasteiger partial charge in [-0.1, -0.05) is 17.8 Å². The second-order valence-corrected chi connectivity index (χ2v) is 6.45. The number of pyridine rings is 1. The van der Waals surface area contributed by atoms with E-state index in [1.54, 1.807) is 13.1 Å². The fourth-order valence-corrected chi connectivity index (χ4v) is 3.30. The zero-order chi connectivity index (χ0) is 14.8. The molecule has 0 spiro atoms.